The van der Waals surface area contributed by atoms with Crippen LogP contribution < -0.4 is 10.2 Å². The summed E-state index contributed by atoms with van der Waals surface area (Å²) in [6.07, 6.45) is 0. The number of hydrogen-bond donors (Lipinski definition) is 1. The standard InChI is InChI=1S/C25H31FN4O3/c1-17(2)28(4)24(32)20-7-5-19(6-8-20)16-27-25(33)30-13-11-29(12-14-30)23-10-9-21(18(3)31)15-22(23)26/h5-10,15,17H,11-14,16H2,1-4H3,(H,27,33). The largest absolute Gasteiger partial charge is 0.366 e. The van der Waals surface area contributed by atoms with Gasteiger partial charge in [0.15, 0.2) is 5.78 Å². The van der Waals surface area contributed by atoms with Gasteiger partial charge in [-0.2, -0.15) is 0 Å². The molecule has 3 rings (SSSR count). The minimum absolute atomic E-state index is 0.0363. The highest BCUT2D eigenvalue weighted by atomic mass is 19.1. The Bertz CT molecular complexity index is 1010. The molecular weight excluding hydrogens is 423 g/mol. The van der Waals surface area contributed by atoms with Crippen molar-refractivity contribution in [1.29, 1.82) is 0 Å². The van der Waals surface area contributed by atoms with Crippen molar-refractivity contribution in [1.82, 2.24) is 15.1 Å². The number of hydrogen-bond acceptors (Lipinski definition) is 4. The fourth-order valence-corrected chi connectivity index (χ4v) is 3.63. The number of carbonyl (C=O) groups excluding carboxylic acids is 3. The van der Waals surface area contributed by atoms with Crippen LogP contribution in [0.1, 0.15) is 47.1 Å². The van der Waals surface area contributed by atoms with Gasteiger partial charge in [-0.25, -0.2) is 9.18 Å². The Hall–Kier alpha value is -3.42. The lowest BCUT2D eigenvalue weighted by Gasteiger charge is -2.36. The third kappa shape index (κ3) is 5.88. The smallest absolute Gasteiger partial charge is 0.317 e. The monoisotopic (exact) mass is 454 g/mol. The van der Waals surface area contributed by atoms with Crippen molar-refractivity contribution in [3.05, 3.63) is 65.0 Å². The molecule has 2 aromatic carbocycles. The highest BCUT2D eigenvalue weighted by Gasteiger charge is 2.23. The summed E-state index contributed by atoms with van der Waals surface area (Å²) in [5.74, 6) is -0.640. The number of nitrogens with zero attached hydrogens (tertiary/aromatic N) is 3. The first-order valence-electron chi connectivity index (χ1n) is 11.1. The Balaban J connectivity index is 1.50. The molecule has 176 valence electrons. The van der Waals surface area contributed by atoms with Crippen molar-refractivity contribution in [2.75, 3.05) is 38.1 Å². The van der Waals surface area contributed by atoms with E-state index >= 15 is 0 Å². The van der Waals surface area contributed by atoms with Gasteiger partial charge in [-0.05, 0) is 56.7 Å². The lowest BCUT2D eigenvalue weighted by atomic mass is 10.1. The first kappa shape index (κ1) is 24.2. The molecule has 0 bridgehead atoms. The third-order valence-corrected chi connectivity index (χ3v) is 6.00. The minimum atomic E-state index is -0.429. The van der Waals surface area contributed by atoms with Gasteiger partial charge in [-0.1, -0.05) is 12.1 Å². The van der Waals surface area contributed by atoms with E-state index in [1.54, 1.807) is 41.1 Å². The van der Waals surface area contributed by atoms with Crippen LogP contribution in [-0.4, -0.2) is 66.8 Å². The second-order valence-corrected chi connectivity index (χ2v) is 8.56. The van der Waals surface area contributed by atoms with Crippen molar-refractivity contribution in [2.24, 2.45) is 0 Å². The van der Waals surface area contributed by atoms with Crippen LogP contribution in [0.25, 0.3) is 0 Å². The zero-order valence-corrected chi connectivity index (χ0v) is 19.6. The molecule has 0 saturated carbocycles. The third-order valence-electron chi connectivity index (χ3n) is 6.00. The van der Waals surface area contributed by atoms with Crippen molar-refractivity contribution in [2.45, 2.75) is 33.4 Å². The summed E-state index contributed by atoms with van der Waals surface area (Å²) in [6, 6.07) is 11.7. The van der Waals surface area contributed by atoms with Gasteiger partial charge in [-0.15, -0.1) is 0 Å². The average Bonchev–Trinajstić information content (AvgIpc) is 2.81. The summed E-state index contributed by atoms with van der Waals surface area (Å²) in [5.41, 5.74) is 2.30. The summed E-state index contributed by atoms with van der Waals surface area (Å²) in [7, 11) is 1.77. The normalized spacial score (nSPS) is 13.8. The second-order valence-electron chi connectivity index (χ2n) is 8.56. The van der Waals surface area contributed by atoms with Gasteiger partial charge in [0.05, 0.1) is 5.69 Å². The fraction of sp³-hybridized carbons (Fsp3) is 0.400. The molecule has 3 amide bonds. The molecule has 1 fully saturated rings. The predicted octanol–water partition coefficient (Wildman–Crippen LogP) is 3.54. The quantitative estimate of drug-likeness (QED) is 0.678. The van der Waals surface area contributed by atoms with Crippen LogP contribution in [0.3, 0.4) is 0 Å². The van der Waals surface area contributed by atoms with Crippen LogP contribution in [0.4, 0.5) is 14.9 Å². The van der Waals surface area contributed by atoms with Crippen LogP contribution >= 0.6 is 0 Å². The van der Waals surface area contributed by atoms with E-state index in [1.165, 1.54) is 13.0 Å². The van der Waals surface area contributed by atoms with E-state index in [4.69, 9.17) is 0 Å². The molecule has 8 heteroatoms. The molecule has 1 saturated heterocycles. The van der Waals surface area contributed by atoms with E-state index < -0.39 is 5.82 Å². The molecule has 33 heavy (non-hydrogen) atoms. The minimum Gasteiger partial charge on any atom is -0.366 e. The maximum absolute atomic E-state index is 14.4. The zero-order valence-electron chi connectivity index (χ0n) is 19.6. The molecule has 1 aliphatic rings. The van der Waals surface area contributed by atoms with Crippen LogP contribution in [0, 0.1) is 5.82 Å². The number of nitrogens with one attached hydrogen (secondary N) is 1. The van der Waals surface area contributed by atoms with Crippen LogP contribution in [-0.2, 0) is 6.54 Å². The first-order chi connectivity index (χ1) is 15.7. The molecule has 0 radical (unpaired) electrons. The highest BCUT2D eigenvalue weighted by Crippen LogP contribution is 2.22. The van der Waals surface area contributed by atoms with E-state index in [-0.39, 0.29) is 23.8 Å². The van der Waals surface area contributed by atoms with Gasteiger partial charge < -0.3 is 20.0 Å². The van der Waals surface area contributed by atoms with Crippen LogP contribution in [0.2, 0.25) is 0 Å². The number of carbonyl (C=O) groups is 3. The van der Waals surface area contributed by atoms with Crippen molar-refractivity contribution >= 4 is 23.4 Å². The summed E-state index contributed by atoms with van der Waals surface area (Å²) in [6.45, 7) is 7.63. The number of rotatable bonds is 6. The SMILES string of the molecule is CC(=O)c1ccc(N2CCN(C(=O)NCc3ccc(C(=O)N(C)C(C)C)cc3)CC2)c(F)c1. The average molecular weight is 455 g/mol. The van der Waals surface area contributed by atoms with Crippen molar-refractivity contribution in [3.63, 3.8) is 0 Å². The molecule has 0 aliphatic carbocycles. The molecule has 0 spiro atoms. The summed E-state index contributed by atoms with van der Waals surface area (Å²) in [5, 5.41) is 2.91. The Kier molecular flexibility index (Phi) is 7.68. The van der Waals surface area contributed by atoms with Crippen LogP contribution in [0.5, 0.6) is 0 Å². The molecule has 7 nitrogen and oxygen atoms in total. The first-order valence-corrected chi connectivity index (χ1v) is 11.1. The van der Waals surface area contributed by atoms with Crippen LogP contribution in [0.15, 0.2) is 42.5 Å². The molecule has 0 aromatic heterocycles. The topological polar surface area (TPSA) is 73.0 Å². The summed E-state index contributed by atoms with van der Waals surface area (Å²) < 4.78 is 14.4. The fourth-order valence-electron chi connectivity index (χ4n) is 3.63. The van der Waals surface area contributed by atoms with E-state index in [9.17, 15) is 18.8 Å². The maximum Gasteiger partial charge on any atom is 0.317 e. The zero-order chi connectivity index (χ0) is 24.1. The molecule has 2 aromatic rings. The summed E-state index contributed by atoms with van der Waals surface area (Å²) in [4.78, 5) is 41.6. The molecule has 0 atom stereocenters. The number of piperazine rings is 1. The number of Topliss-reactive ketones (excluding diaryl/α,β-unsaturated/α-hetero) is 1. The maximum atomic E-state index is 14.4. The molecule has 1 aliphatic heterocycles. The van der Waals surface area contributed by atoms with E-state index in [1.807, 2.05) is 30.9 Å². The number of anilines is 1. The van der Waals surface area contributed by atoms with Gasteiger partial charge in [0.2, 0.25) is 0 Å². The van der Waals surface area contributed by atoms with Gasteiger partial charge >= 0.3 is 6.03 Å². The summed E-state index contributed by atoms with van der Waals surface area (Å²) >= 11 is 0. The second kappa shape index (κ2) is 10.5. The number of halogens is 1. The van der Waals surface area contributed by atoms with E-state index in [0.717, 1.165) is 5.56 Å². The van der Waals surface area contributed by atoms with E-state index in [2.05, 4.69) is 5.32 Å². The van der Waals surface area contributed by atoms with Gasteiger partial charge in [0.25, 0.3) is 5.91 Å². The number of urea groups is 1. The lowest BCUT2D eigenvalue weighted by Crippen LogP contribution is -2.51. The van der Waals surface area contributed by atoms with Gasteiger partial charge in [-0.3, -0.25) is 9.59 Å². The lowest BCUT2D eigenvalue weighted by molar-refractivity contribution is 0.0754. The van der Waals surface area contributed by atoms with Crippen molar-refractivity contribution in [3.8, 4) is 0 Å². The Morgan fingerprint density at radius 3 is 2.15 bits per heavy atom. The van der Waals surface area contributed by atoms with Gasteiger partial charge in [0, 0.05) is 56.9 Å². The Morgan fingerprint density at radius 1 is 1.00 bits per heavy atom. The molecule has 0 unspecified atom stereocenters. The van der Waals surface area contributed by atoms with Gasteiger partial charge in [0.1, 0.15) is 5.82 Å². The van der Waals surface area contributed by atoms with E-state index in [0.29, 0.717) is 49.5 Å². The number of amides is 3. The molecule has 1 heterocycles. The molecular formula is C25H31FN4O3. The highest BCUT2D eigenvalue weighted by molar-refractivity contribution is 5.94. The Morgan fingerprint density at radius 2 is 1.61 bits per heavy atom. The predicted molar refractivity (Wildman–Crippen MR) is 126 cm³/mol. The Labute approximate surface area is 194 Å². The number of ketones is 1. The van der Waals surface area contributed by atoms with Crippen molar-refractivity contribution < 1.29 is 18.8 Å². The molecule has 1 N–H and O–H groups in total. The number of benzene rings is 2.